The van der Waals surface area contributed by atoms with E-state index in [4.69, 9.17) is 0 Å². The predicted molar refractivity (Wildman–Crippen MR) is 172 cm³/mol. The molecule has 0 aliphatic rings. The number of aliphatic hydroxyl groups is 2. The minimum absolute atomic E-state index is 0. The van der Waals surface area contributed by atoms with Crippen molar-refractivity contribution in [1.29, 1.82) is 0 Å². The molecule has 0 spiro atoms. The molecule has 0 saturated heterocycles. The molecule has 0 amide bonds. The predicted octanol–water partition coefficient (Wildman–Crippen LogP) is 1.50. The molecule has 0 fully saturated rings. The maximum Gasteiger partial charge on any atom is 1.00 e. The third-order valence-corrected chi connectivity index (χ3v) is 7.43. The zero-order valence-corrected chi connectivity index (χ0v) is 34.5. The molecule has 0 saturated carbocycles. The van der Waals surface area contributed by atoms with Crippen molar-refractivity contribution >= 4 is 11.9 Å². The molecule has 248 valence electrons. The second-order valence-electron chi connectivity index (χ2n) is 11.8. The Balaban J connectivity index is -0.000000348. The Morgan fingerprint density at radius 3 is 1.18 bits per heavy atom. The van der Waals surface area contributed by atoms with E-state index in [9.17, 15) is 30.0 Å². The number of hydrogen-bond donors (Lipinski definition) is 2. The number of hydrogen-bond acceptors (Lipinski definition) is 6. The van der Waals surface area contributed by atoms with Gasteiger partial charge in [-0.3, -0.25) is 0 Å². The SMILES string of the molecule is CCCCCC[C@@H](O)C/C=C\CCCCCCCC(=O)[O-].CCCCCC[C@@H](O)C/C=C\CCCCCCCC(=O)[O-].[K+].[Na+]. The first-order valence-corrected chi connectivity index (χ1v) is 17.4. The standard InChI is InChI=1S/2C18H34O3.K.Na/c2*1-2-3-4-11-14-17(19)15-12-9-7-5-6-8-10-13-16-18(20)21;;/h2*9,12,17,19H,2-8,10-11,13-16H2,1H3,(H,20,21);;/q;;2*+1/p-2/b2*12-9-;;/t2*17-;;/m11../s1. The van der Waals surface area contributed by atoms with Crippen LogP contribution in [0.2, 0.25) is 0 Å². The van der Waals surface area contributed by atoms with Crippen LogP contribution in [0.15, 0.2) is 24.3 Å². The van der Waals surface area contributed by atoms with Gasteiger partial charge in [0.05, 0.1) is 12.2 Å². The normalized spacial score (nSPS) is 12.3. The fraction of sp³-hybridized carbons (Fsp3) is 0.833. The maximum absolute atomic E-state index is 10.2. The summed E-state index contributed by atoms with van der Waals surface area (Å²) in [5.41, 5.74) is 0. The first-order valence-electron chi connectivity index (χ1n) is 17.4. The minimum Gasteiger partial charge on any atom is -0.550 e. The number of carboxylic acid groups (broad SMARTS) is 2. The van der Waals surface area contributed by atoms with Crippen LogP contribution in [0.25, 0.3) is 0 Å². The van der Waals surface area contributed by atoms with Gasteiger partial charge in [-0.05, 0) is 77.0 Å². The summed E-state index contributed by atoms with van der Waals surface area (Å²) in [5.74, 6) is -1.88. The van der Waals surface area contributed by atoms with Crippen molar-refractivity contribution in [2.24, 2.45) is 0 Å². The van der Waals surface area contributed by atoms with Crippen LogP contribution in [-0.4, -0.2) is 34.4 Å². The maximum atomic E-state index is 10.2. The summed E-state index contributed by atoms with van der Waals surface area (Å²) in [6.45, 7) is 4.39. The topological polar surface area (TPSA) is 121 Å². The molecular weight excluding hydrogens is 590 g/mol. The molecular formula is C36H66KNaO6. The monoisotopic (exact) mass is 656 g/mol. The van der Waals surface area contributed by atoms with Gasteiger partial charge in [0.1, 0.15) is 0 Å². The van der Waals surface area contributed by atoms with Gasteiger partial charge in [0.25, 0.3) is 0 Å². The van der Waals surface area contributed by atoms with Gasteiger partial charge in [-0.1, -0.05) is 128 Å². The van der Waals surface area contributed by atoms with E-state index >= 15 is 0 Å². The molecule has 0 heterocycles. The van der Waals surface area contributed by atoms with Crippen LogP contribution in [-0.2, 0) is 9.59 Å². The van der Waals surface area contributed by atoms with Crippen molar-refractivity contribution in [2.75, 3.05) is 0 Å². The van der Waals surface area contributed by atoms with Crippen LogP contribution in [0.1, 0.15) is 181 Å². The van der Waals surface area contributed by atoms with Crippen LogP contribution in [0.5, 0.6) is 0 Å². The van der Waals surface area contributed by atoms with Crippen LogP contribution >= 0.6 is 0 Å². The largest absolute Gasteiger partial charge is 1.00 e. The van der Waals surface area contributed by atoms with E-state index in [1.165, 1.54) is 38.5 Å². The summed E-state index contributed by atoms with van der Waals surface area (Å²) in [6, 6.07) is 0. The number of rotatable bonds is 30. The molecule has 0 bridgehead atoms. The summed E-state index contributed by atoms with van der Waals surface area (Å²) >= 11 is 0. The number of carbonyl (C=O) groups excluding carboxylic acids is 2. The Labute approximate surface area is 336 Å². The Hall–Kier alpha value is 0.976. The van der Waals surface area contributed by atoms with Crippen molar-refractivity contribution in [3.8, 4) is 0 Å². The van der Waals surface area contributed by atoms with Crippen LogP contribution in [0.3, 0.4) is 0 Å². The van der Waals surface area contributed by atoms with Gasteiger partial charge in [0, 0.05) is 11.9 Å². The fourth-order valence-electron chi connectivity index (χ4n) is 4.72. The number of unbranched alkanes of at least 4 members (excludes halogenated alkanes) is 16. The van der Waals surface area contributed by atoms with Crippen molar-refractivity contribution in [3.63, 3.8) is 0 Å². The summed E-state index contributed by atoms with van der Waals surface area (Å²) < 4.78 is 0. The van der Waals surface area contributed by atoms with Gasteiger partial charge in [0.15, 0.2) is 0 Å². The number of carboxylic acids is 2. The molecule has 0 aromatic heterocycles. The Morgan fingerprint density at radius 1 is 0.523 bits per heavy atom. The third kappa shape index (κ3) is 49.8. The Morgan fingerprint density at radius 2 is 0.841 bits per heavy atom. The Bertz CT molecular complexity index is 590. The zero-order valence-electron chi connectivity index (χ0n) is 29.4. The van der Waals surface area contributed by atoms with Crippen molar-refractivity contribution in [3.05, 3.63) is 24.3 Å². The van der Waals surface area contributed by atoms with E-state index < -0.39 is 11.9 Å². The van der Waals surface area contributed by atoms with Crippen LogP contribution in [0, 0.1) is 0 Å². The molecule has 0 aliphatic heterocycles. The molecule has 44 heavy (non-hydrogen) atoms. The smallest absolute Gasteiger partial charge is 0.550 e. The molecule has 0 aromatic rings. The number of carbonyl (C=O) groups is 2. The van der Waals surface area contributed by atoms with E-state index in [0.717, 1.165) is 116 Å². The average molecular weight is 657 g/mol. The molecule has 0 aliphatic carbocycles. The summed E-state index contributed by atoms with van der Waals surface area (Å²) in [6.07, 6.45) is 34.0. The summed E-state index contributed by atoms with van der Waals surface area (Å²) in [7, 11) is 0. The molecule has 2 N–H and O–H groups in total. The number of aliphatic hydroxyl groups excluding tert-OH is 2. The van der Waals surface area contributed by atoms with Gasteiger partial charge < -0.3 is 30.0 Å². The van der Waals surface area contributed by atoms with E-state index in [1.54, 1.807) is 0 Å². The van der Waals surface area contributed by atoms with E-state index in [-0.39, 0.29) is 106 Å². The van der Waals surface area contributed by atoms with Crippen LogP contribution < -0.4 is 91.2 Å². The first-order chi connectivity index (χ1) is 20.3. The van der Waals surface area contributed by atoms with Gasteiger partial charge >= 0.3 is 80.9 Å². The second kappa shape index (κ2) is 44.0. The zero-order chi connectivity index (χ0) is 31.5. The molecule has 8 heteroatoms. The molecule has 0 radical (unpaired) electrons. The van der Waals surface area contributed by atoms with Crippen molar-refractivity contribution < 1.29 is 111 Å². The van der Waals surface area contributed by atoms with Gasteiger partial charge in [-0.2, -0.15) is 0 Å². The van der Waals surface area contributed by atoms with E-state index in [0.29, 0.717) is 0 Å². The molecule has 6 nitrogen and oxygen atoms in total. The second-order valence-corrected chi connectivity index (χ2v) is 11.8. The third-order valence-electron chi connectivity index (χ3n) is 7.43. The minimum atomic E-state index is -0.939. The van der Waals surface area contributed by atoms with Crippen LogP contribution in [0.4, 0.5) is 0 Å². The van der Waals surface area contributed by atoms with Gasteiger partial charge in [-0.15, -0.1) is 0 Å². The fourth-order valence-corrected chi connectivity index (χ4v) is 4.72. The van der Waals surface area contributed by atoms with Crippen molar-refractivity contribution in [2.45, 2.75) is 193 Å². The van der Waals surface area contributed by atoms with Gasteiger partial charge in [0.2, 0.25) is 0 Å². The van der Waals surface area contributed by atoms with Crippen molar-refractivity contribution in [1.82, 2.24) is 0 Å². The number of allylic oxidation sites excluding steroid dienone is 2. The van der Waals surface area contributed by atoms with E-state index in [1.807, 2.05) is 0 Å². The molecule has 0 aromatic carbocycles. The summed E-state index contributed by atoms with van der Waals surface area (Å²) in [5, 5.41) is 40.0. The average Bonchev–Trinajstić information content (AvgIpc) is 2.95. The molecule has 0 unspecified atom stereocenters. The summed E-state index contributed by atoms with van der Waals surface area (Å²) in [4.78, 5) is 20.4. The molecule has 0 rings (SSSR count). The first kappa shape index (κ1) is 51.8. The quantitative estimate of drug-likeness (QED) is 0.0687. The Kier molecular flexibility index (Phi) is 51.8. The molecule has 2 atom stereocenters. The van der Waals surface area contributed by atoms with Gasteiger partial charge in [-0.25, -0.2) is 0 Å². The van der Waals surface area contributed by atoms with E-state index in [2.05, 4.69) is 38.2 Å². The number of aliphatic carboxylic acids is 2.